The topological polar surface area (TPSA) is 141 Å². The van der Waals surface area contributed by atoms with E-state index in [9.17, 15) is 24.0 Å². The Morgan fingerprint density at radius 1 is 0.794 bits per heavy atom. The Hall–Kier alpha value is -2.37. The highest BCUT2D eigenvalue weighted by atomic mass is 79.9. The second kappa shape index (κ2) is 17.1. The lowest BCUT2D eigenvalue weighted by molar-refractivity contribution is -0.172. The highest BCUT2D eigenvalue weighted by molar-refractivity contribution is 9.09. The molecule has 0 saturated heterocycles. The van der Waals surface area contributed by atoms with E-state index in [1.807, 2.05) is 6.92 Å². The van der Waals surface area contributed by atoms with Crippen molar-refractivity contribution in [2.45, 2.75) is 72.5 Å². The Kier molecular flexibility index (Phi) is 15.9. The van der Waals surface area contributed by atoms with Gasteiger partial charge in [-0.15, -0.1) is 0 Å². The van der Waals surface area contributed by atoms with Crippen molar-refractivity contribution in [1.29, 1.82) is 0 Å². The van der Waals surface area contributed by atoms with E-state index in [1.54, 1.807) is 0 Å². The maximum absolute atomic E-state index is 12.4. The molecule has 34 heavy (non-hydrogen) atoms. The van der Waals surface area contributed by atoms with Crippen molar-refractivity contribution >= 4 is 46.0 Å². The number of carbonyl (C=O) groups is 5. The first kappa shape index (κ1) is 31.6. The molecular formula is C22H35BrO11. The predicted molar refractivity (Wildman–Crippen MR) is 122 cm³/mol. The molecule has 12 heteroatoms. The fraction of sp³-hybridized carbons (Fsp3) is 0.773. The van der Waals surface area contributed by atoms with Gasteiger partial charge in [0, 0.05) is 12.3 Å². The van der Waals surface area contributed by atoms with Crippen molar-refractivity contribution < 1.29 is 52.4 Å². The van der Waals surface area contributed by atoms with Gasteiger partial charge in [-0.25, -0.2) is 14.4 Å². The summed E-state index contributed by atoms with van der Waals surface area (Å²) in [5.74, 6) is -3.05. The minimum absolute atomic E-state index is 0.117. The quantitative estimate of drug-likeness (QED) is 0.120. The fourth-order valence-corrected chi connectivity index (χ4v) is 2.45. The van der Waals surface area contributed by atoms with Crippen LogP contribution in [-0.2, 0) is 47.6 Å². The number of hydrogen-bond acceptors (Lipinski definition) is 11. The first-order valence-electron chi connectivity index (χ1n) is 11.0. The molecule has 0 rings (SSSR count). The standard InChI is InChI=1S/C22H35BrO11/c1-6-7-8-11-29-18(25)15(2)33-19(26)16(3)34-21(28)32-14-22(5,13-31-17(4)24)20(27)30-12-9-10-23/h15-16H,6-14H2,1-5H3. The van der Waals surface area contributed by atoms with Crippen molar-refractivity contribution in [2.75, 3.05) is 31.8 Å². The van der Waals surface area contributed by atoms with Crippen molar-refractivity contribution in [3.05, 3.63) is 0 Å². The van der Waals surface area contributed by atoms with Crippen LogP contribution in [0.4, 0.5) is 4.79 Å². The van der Waals surface area contributed by atoms with Crippen LogP contribution < -0.4 is 0 Å². The van der Waals surface area contributed by atoms with Crippen LogP contribution in [0.15, 0.2) is 0 Å². The predicted octanol–water partition coefficient (Wildman–Crippen LogP) is 3.09. The van der Waals surface area contributed by atoms with Gasteiger partial charge in [0.05, 0.1) is 13.2 Å². The summed E-state index contributed by atoms with van der Waals surface area (Å²) < 4.78 is 29.8. The van der Waals surface area contributed by atoms with Crippen LogP contribution >= 0.6 is 15.9 Å². The molecule has 0 spiro atoms. The van der Waals surface area contributed by atoms with Crippen LogP contribution in [0.1, 0.15) is 60.3 Å². The van der Waals surface area contributed by atoms with Crippen LogP contribution in [0.5, 0.6) is 0 Å². The van der Waals surface area contributed by atoms with Crippen LogP contribution in [-0.4, -0.2) is 74.0 Å². The van der Waals surface area contributed by atoms with Gasteiger partial charge < -0.3 is 28.4 Å². The van der Waals surface area contributed by atoms with Crippen LogP contribution in [0, 0.1) is 5.41 Å². The molecule has 0 saturated carbocycles. The number of ether oxygens (including phenoxy) is 6. The molecule has 0 aliphatic carbocycles. The summed E-state index contributed by atoms with van der Waals surface area (Å²) in [6, 6.07) is 0. The number of esters is 4. The molecule has 0 aliphatic heterocycles. The zero-order valence-corrected chi connectivity index (χ0v) is 22.0. The number of alkyl halides is 1. The Balaban J connectivity index is 4.72. The minimum Gasteiger partial charge on any atom is -0.465 e. The average molecular weight is 555 g/mol. The Bertz CT molecular complexity index is 682. The number of halogens is 1. The molecule has 0 aromatic carbocycles. The molecule has 0 fully saturated rings. The van der Waals surface area contributed by atoms with E-state index in [1.165, 1.54) is 27.7 Å². The summed E-state index contributed by atoms with van der Waals surface area (Å²) in [4.78, 5) is 59.6. The largest absolute Gasteiger partial charge is 0.509 e. The van der Waals surface area contributed by atoms with E-state index < -0.39 is 60.9 Å². The Labute approximate surface area is 208 Å². The Morgan fingerprint density at radius 2 is 1.38 bits per heavy atom. The summed E-state index contributed by atoms with van der Waals surface area (Å²) in [6.07, 6.45) is -0.707. The van der Waals surface area contributed by atoms with Gasteiger partial charge in [0.2, 0.25) is 0 Å². The van der Waals surface area contributed by atoms with Gasteiger partial charge in [0.1, 0.15) is 18.6 Å². The van der Waals surface area contributed by atoms with Crippen molar-refractivity contribution in [3.63, 3.8) is 0 Å². The summed E-state index contributed by atoms with van der Waals surface area (Å²) in [7, 11) is 0. The molecule has 0 N–H and O–H groups in total. The number of unbranched alkanes of at least 4 members (excludes halogenated alkanes) is 2. The lowest BCUT2D eigenvalue weighted by Crippen LogP contribution is -2.41. The number of rotatable bonds is 16. The zero-order valence-electron chi connectivity index (χ0n) is 20.4. The van der Waals surface area contributed by atoms with E-state index in [-0.39, 0.29) is 13.2 Å². The number of carbonyl (C=O) groups excluding carboxylic acids is 5. The van der Waals surface area contributed by atoms with Gasteiger partial charge in [-0.1, -0.05) is 35.7 Å². The molecule has 3 atom stereocenters. The third-order valence-electron chi connectivity index (χ3n) is 4.33. The smallest absolute Gasteiger partial charge is 0.465 e. The molecule has 11 nitrogen and oxygen atoms in total. The molecule has 0 radical (unpaired) electrons. The molecule has 196 valence electrons. The zero-order chi connectivity index (χ0) is 26.1. The highest BCUT2D eigenvalue weighted by Crippen LogP contribution is 2.21. The maximum Gasteiger partial charge on any atom is 0.509 e. The van der Waals surface area contributed by atoms with Crippen LogP contribution in [0.3, 0.4) is 0 Å². The SMILES string of the molecule is CCCCCOC(=O)C(C)OC(=O)C(C)OC(=O)OCC(C)(COC(C)=O)C(=O)OCCCBr. The summed E-state index contributed by atoms with van der Waals surface area (Å²) in [6.45, 7) is 6.56. The lowest BCUT2D eigenvalue weighted by Gasteiger charge is -2.26. The minimum atomic E-state index is -1.49. The van der Waals surface area contributed by atoms with E-state index in [2.05, 4.69) is 15.9 Å². The molecule has 0 aromatic heterocycles. The molecule has 0 bridgehead atoms. The van der Waals surface area contributed by atoms with Crippen molar-refractivity contribution in [1.82, 2.24) is 0 Å². The van der Waals surface area contributed by atoms with Gasteiger partial charge in [0.25, 0.3) is 0 Å². The fourth-order valence-electron chi connectivity index (χ4n) is 2.22. The van der Waals surface area contributed by atoms with E-state index in [0.29, 0.717) is 18.2 Å². The van der Waals surface area contributed by atoms with E-state index in [0.717, 1.165) is 12.8 Å². The number of hydrogen-bond donors (Lipinski definition) is 0. The molecule has 0 heterocycles. The summed E-state index contributed by atoms with van der Waals surface area (Å²) in [5.41, 5.74) is -1.49. The van der Waals surface area contributed by atoms with Gasteiger partial charge in [-0.3, -0.25) is 9.59 Å². The van der Waals surface area contributed by atoms with Gasteiger partial charge in [0.15, 0.2) is 12.2 Å². The highest BCUT2D eigenvalue weighted by Gasteiger charge is 2.39. The van der Waals surface area contributed by atoms with Crippen LogP contribution in [0.25, 0.3) is 0 Å². The van der Waals surface area contributed by atoms with E-state index in [4.69, 9.17) is 28.4 Å². The first-order chi connectivity index (χ1) is 16.0. The van der Waals surface area contributed by atoms with Crippen molar-refractivity contribution in [2.24, 2.45) is 5.41 Å². The summed E-state index contributed by atoms with van der Waals surface area (Å²) >= 11 is 3.21. The van der Waals surface area contributed by atoms with Gasteiger partial charge in [-0.2, -0.15) is 0 Å². The second-order valence-electron chi connectivity index (χ2n) is 7.77. The molecule has 0 amide bonds. The molecular weight excluding hydrogens is 520 g/mol. The molecule has 0 aliphatic rings. The average Bonchev–Trinajstić information content (AvgIpc) is 2.78. The monoisotopic (exact) mass is 554 g/mol. The Morgan fingerprint density at radius 3 is 1.97 bits per heavy atom. The third-order valence-corrected chi connectivity index (χ3v) is 4.89. The maximum atomic E-state index is 12.4. The lowest BCUT2D eigenvalue weighted by atomic mass is 9.93. The normalized spacial score (nSPS) is 14.1. The molecule has 0 aromatic rings. The molecule has 3 unspecified atom stereocenters. The van der Waals surface area contributed by atoms with Crippen molar-refractivity contribution in [3.8, 4) is 0 Å². The van der Waals surface area contributed by atoms with Gasteiger partial charge in [-0.05, 0) is 33.6 Å². The third kappa shape index (κ3) is 13.4. The second-order valence-corrected chi connectivity index (χ2v) is 8.56. The first-order valence-corrected chi connectivity index (χ1v) is 12.2. The van der Waals surface area contributed by atoms with Gasteiger partial charge >= 0.3 is 30.0 Å². The summed E-state index contributed by atoms with van der Waals surface area (Å²) in [5, 5.41) is 0.618. The van der Waals surface area contributed by atoms with E-state index >= 15 is 0 Å². The van der Waals surface area contributed by atoms with Crippen LogP contribution in [0.2, 0.25) is 0 Å².